The Morgan fingerprint density at radius 3 is 2.25 bits per heavy atom. The number of benzene rings is 3. The first-order chi connectivity index (χ1) is 20.8. The van der Waals surface area contributed by atoms with Crippen molar-refractivity contribution in [1.82, 2.24) is 15.1 Å². The van der Waals surface area contributed by atoms with Crippen molar-refractivity contribution < 1.29 is 41.5 Å². The van der Waals surface area contributed by atoms with Gasteiger partial charge in [-0.3, -0.25) is 19.8 Å². The number of nitrogens with two attached hydrogens (primary N) is 1. The average molecular weight is 617 g/mol. The lowest BCUT2D eigenvalue weighted by molar-refractivity contribution is -0.206. The summed E-state index contributed by atoms with van der Waals surface area (Å²) >= 11 is 0. The molecule has 0 spiro atoms. The van der Waals surface area contributed by atoms with Crippen LogP contribution >= 0.6 is 0 Å². The van der Waals surface area contributed by atoms with Crippen LogP contribution in [0.2, 0.25) is 0 Å². The Kier molecular flexibility index (Phi) is 10.2. The van der Waals surface area contributed by atoms with Crippen LogP contribution in [0.3, 0.4) is 0 Å². The van der Waals surface area contributed by atoms with Crippen molar-refractivity contribution in [2.45, 2.75) is 50.6 Å². The molecule has 1 aliphatic rings. The van der Waals surface area contributed by atoms with Gasteiger partial charge < -0.3 is 15.4 Å². The lowest BCUT2D eigenvalue weighted by Crippen LogP contribution is -2.62. The van der Waals surface area contributed by atoms with Gasteiger partial charge in [0.1, 0.15) is 5.82 Å². The van der Waals surface area contributed by atoms with Crippen molar-refractivity contribution in [2.24, 2.45) is 5.73 Å². The maximum Gasteiger partial charge on any atom is 0.490 e. The fourth-order valence-corrected chi connectivity index (χ4v) is 5.38. The molecule has 3 unspecified atom stereocenters. The first kappa shape index (κ1) is 32.4. The van der Waals surface area contributed by atoms with Crippen LogP contribution in [0.4, 0.5) is 22.4 Å². The van der Waals surface area contributed by atoms with Crippen LogP contribution in [-0.2, 0) is 32.0 Å². The summed E-state index contributed by atoms with van der Waals surface area (Å²) in [6.45, 7) is 2.04. The number of hydrogen-bond donors (Lipinski definition) is 2. The van der Waals surface area contributed by atoms with Gasteiger partial charge in [0, 0.05) is 32.1 Å². The number of carbonyl (C=O) groups excluding carboxylic acids is 4. The summed E-state index contributed by atoms with van der Waals surface area (Å²) in [6, 6.07) is 15.7. The van der Waals surface area contributed by atoms with Crippen molar-refractivity contribution in [3.63, 3.8) is 0 Å². The number of halogens is 4. The number of carbonyl (C=O) groups is 4. The summed E-state index contributed by atoms with van der Waals surface area (Å²) in [7, 11) is 0. The monoisotopic (exact) mass is 616 g/mol. The molecule has 1 aliphatic heterocycles. The van der Waals surface area contributed by atoms with Crippen molar-refractivity contribution in [1.29, 1.82) is 0 Å². The van der Waals surface area contributed by atoms with Gasteiger partial charge in [-0.15, -0.1) is 0 Å². The maximum atomic E-state index is 13.6. The van der Waals surface area contributed by atoms with E-state index in [0.717, 1.165) is 28.5 Å². The third kappa shape index (κ3) is 8.10. The van der Waals surface area contributed by atoms with Gasteiger partial charge in [-0.25, -0.2) is 14.0 Å². The van der Waals surface area contributed by atoms with Gasteiger partial charge >= 0.3 is 18.2 Å². The van der Waals surface area contributed by atoms with Crippen molar-refractivity contribution in [2.75, 3.05) is 19.6 Å². The minimum absolute atomic E-state index is 0.00109. The van der Waals surface area contributed by atoms with Gasteiger partial charge in [0.15, 0.2) is 6.10 Å². The highest BCUT2D eigenvalue weighted by atomic mass is 19.4. The summed E-state index contributed by atoms with van der Waals surface area (Å²) < 4.78 is 57.3. The Balaban J connectivity index is 1.56. The topological polar surface area (TPSA) is 122 Å². The van der Waals surface area contributed by atoms with E-state index in [1.165, 1.54) is 17.0 Å². The molecule has 44 heavy (non-hydrogen) atoms. The molecule has 234 valence electrons. The minimum atomic E-state index is -5.33. The SMILES string of the molecule is CCC1CN(C(Cc2ccc3ccccc3c2)C(=O)NC(N)=O)CCN1C(=O)C(Cc1ccc(F)cc1)OC(=O)C(F)(F)F. The summed E-state index contributed by atoms with van der Waals surface area (Å²) in [5.41, 5.74) is 6.35. The fraction of sp³-hybridized carbons (Fsp3) is 0.355. The van der Waals surface area contributed by atoms with Crippen LogP contribution in [0.15, 0.2) is 66.7 Å². The third-order valence-electron chi connectivity index (χ3n) is 7.59. The second kappa shape index (κ2) is 13.8. The highest BCUT2D eigenvalue weighted by Crippen LogP contribution is 2.24. The molecule has 0 radical (unpaired) electrons. The van der Waals surface area contributed by atoms with Gasteiger partial charge in [-0.2, -0.15) is 13.2 Å². The lowest BCUT2D eigenvalue weighted by atomic mass is 9.98. The first-order valence-electron chi connectivity index (χ1n) is 14.0. The van der Waals surface area contributed by atoms with E-state index < -0.39 is 60.4 Å². The fourth-order valence-electron chi connectivity index (χ4n) is 5.38. The molecule has 13 heteroatoms. The number of imide groups is 1. The van der Waals surface area contributed by atoms with E-state index >= 15 is 0 Å². The molecule has 1 saturated heterocycles. The third-order valence-corrected chi connectivity index (χ3v) is 7.59. The van der Waals surface area contributed by atoms with Gasteiger partial charge in [0.05, 0.1) is 6.04 Å². The number of piperazine rings is 1. The van der Waals surface area contributed by atoms with Crippen LogP contribution in [-0.4, -0.2) is 77.6 Å². The number of esters is 1. The zero-order valence-corrected chi connectivity index (χ0v) is 23.9. The Morgan fingerprint density at radius 2 is 1.61 bits per heavy atom. The number of ether oxygens (including phenoxy) is 1. The summed E-state index contributed by atoms with van der Waals surface area (Å²) in [5, 5.41) is 4.10. The molecule has 3 aromatic rings. The molecular weight excluding hydrogens is 584 g/mol. The van der Waals surface area contributed by atoms with Gasteiger partial charge in [0.25, 0.3) is 5.91 Å². The number of nitrogens with one attached hydrogen (secondary N) is 1. The van der Waals surface area contributed by atoms with Crippen molar-refractivity contribution >= 4 is 34.6 Å². The smallest absolute Gasteiger partial charge is 0.445 e. The van der Waals surface area contributed by atoms with Crippen LogP contribution in [0, 0.1) is 5.82 Å². The summed E-state index contributed by atoms with van der Waals surface area (Å²) in [4.78, 5) is 53.2. The van der Waals surface area contributed by atoms with E-state index in [2.05, 4.69) is 10.1 Å². The number of urea groups is 1. The van der Waals surface area contributed by atoms with Crippen LogP contribution in [0.1, 0.15) is 24.5 Å². The summed E-state index contributed by atoms with van der Waals surface area (Å²) in [5.74, 6) is -4.56. The Hall–Kier alpha value is -4.52. The number of fused-ring (bicyclic) bond motifs is 1. The highest BCUT2D eigenvalue weighted by molar-refractivity contribution is 5.96. The number of amides is 4. The van der Waals surface area contributed by atoms with E-state index in [1.807, 2.05) is 42.5 Å². The zero-order valence-electron chi connectivity index (χ0n) is 23.9. The van der Waals surface area contributed by atoms with Gasteiger partial charge in [-0.1, -0.05) is 61.5 Å². The second-order valence-electron chi connectivity index (χ2n) is 10.6. The van der Waals surface area contributed by atoms with E-state index in [1.54, 1.807) is 11.8 Å². The Labute approximate surface area is 250 Å². The number of nitrogens with zero attached hydrogens (tertiary/aromatic N) is 2. The number of alkyl halides is 3. The van der Waals surface area contributed by atoms with Crippen LogP contribution in [0.25, 0.3) is 10.8 Å². The number of rotatable bonds is 9. The zero-order chi connectivity index (χ0) is 32.0. The average Bonchev–Trinajstić information content (AvgIpc) is 2.99. The molecule has 1 heterocycles. The first-order valence-corrected chi connectivity index (χ1v) is 14.0. The molecule has 9 nitrogen and oxygen atoms in total. The van der Waals surface area contributed by atoms with Crippen molar-refractivity contribution in [3.05, 3.63) is 83.7 Å². The largest absolute Gasteiger partial charge is 0.490 e. The number of primary amides is 1. The quantitative estimate of drug-likeness (QED) is 0.279. The van der Waals surface area contributed by atoms with Crippen molar-refractivity contribution in [3.8, 4) is 0 Å². The van der Waals surface area contributed by atoms with E-state index in [-0.39, 0.29) is 26.1 Å². The van der Waals surface area contributed by atoms with Gasteiger partial charge in [0.2, 0.25) is 5.91 Å². The number of hydrogen-bond acceptors (Lipinski definition) is 6. The van der Waals surface area contributed by atoms with Crippen LogP contribution < -0.4 is 11.1 Å². The summed E-state index contributed by atoms with van der Waals surface area (Å²) in [6.07, 6.45) is -6.97. The lowest BCUT2D eigenvalue weighted by Gasteiger charge is -2.44. The molecule has 3 N–H and O–H groups in total. The molecule has 3 aromatic carbocycles. The second-order valence-corrected chi connectivity index (χ2v) is 10.6. The molecule has 3 atom stereocenters. The molecule has 4 amide bonds. The van der Waals surface area contributed by atoms with E-state index in [9.17, 15) is 36.7 Å². The normalized spacial score (nSPS) is 17.1. The molecular formula is C31H32F4N4O5. The predicted molar refractivity (Wildman–Crippen MR) is 153 cm³/mol. The molecule has 4 rings (SSSR count). The van der Waals surface area contributed by atoms with E-state index in [4.69, 9.17) is 5.73 Å². The molecule has 0 bridgehead atoms. The molecule has 0 aromatic heterocycles. The standard InChI is InChI=1S/C31H32F4N4O5/c1-2-24-18-38(25(27(40)37-30(36)43)16-20-7-10-21-5-3-4-6-22(21)15-20)13-14-39(24)28(41)26(44-29(42)31(33,34)35)17-19-8-11-23(32)12-9-19/h3-12,15,24-26H,2,13-14,16-18H2,1H3,(H3,36,37,40,43). The minimum Gasteiger partial charge on any atom is -0.445 e. The van der Waals surface area contributed by atoms with Crippen LogP contribution in [0.5, 0.6) is 0 Å². The Morgan fingerprint density at radius 1 is 0.955 bits per heavy atom. The Bertz CT molecular complexity index is 1510. The predicted octanol–water partition coefficient (Wildman–Crippen LogP) is 3.72. The molecule has 0 aliphatic carbocycles. The molecule has 0 saturated carbocycles. The van der Waals surface area contributed by atoms with Gasteiger partial charge in [-0.05, 0) is 46.9 Å². The molecule has 1 fully saturated rings. The maximum absolute atomic E-state index is 13.6. The highest BCUT2D eigenvalue weighted by Gasteiger charge is 2.45. The van der Waals surface area contributed by atoms with E-state index in [0.29, 0.717) is 12.0 Å².